The molecule has 0 atom stereocenters. The molecule has 0 spiro atoms. The lowest BCUT2D eigenvalue weighted by Gasteiger charge is -2.26. The number of rotatable bonds is 7. The number of halogens is 3. The molecule has 1 amide bonds. The average Bonchev–Trinajstić information content (AvgIpc) is 3.09. The van der Waals surface area contributed by atoms with Crippen LogP contribution in [0, 0.1) is 17.5 Å². The fourth-order valence-corrected chi connectivity index (χ4v) is 3.58. The molecule has 1 aromatic carbocycles. The summed E-state index contributed by atoms with van der Waals surface area (Å²) in [5, 5.41) is 11.1. The molecule has 3 rings (SSSR count). The van der Waals surface area contributed by atoms with Crippen molar-refractivity contribution in [3.05, 3.63) is 35.4 Å². The van der Waals surface area contributed by atoms with Crippen molar-refractivity contribution >= 4 is 23.4 Å². The van der Waals surface area contributed by atoms with E-state index in [0.29, 0.717) is 31.5 Å². The number of hydrogen-bond donors (Lipinski definition) is 1. The van der Waals surface area contributed by atoms with Crippen molar-refractivity contribution in [2.75, 3.05) is 37.4 Å². The zero-order chi connectivity index (χ0) is 20.1. The second kappa shape index (κ2) is 9.39. The van der Waals surface area contributed by atoms with E-state index in [0.717, 1.165) is 42.8 Å². The van der Waals surface area contributed by atoms with Crippen LogP contribution in [0.15, 0.2) is 17.3 Å². The minimum Gasteiger partial charge on any atom is -0.379 e. The predicted octanol–water partition coefficient (Wildman–Crippen LogP) is 2.28. The summed E-state index contributed by atoms with van der Waals surface area (Å²) in [5.74, 6) is -4.21. The van der Waals surface area contributed by atoms with Gasteiger partial charge in [0.2, 0.25) is 5.91 Å². The third kappa shape index (κ3) is 4.83. The second-order valence-corrected chi connectivity index (χ2v) is 7.03. The van der Waals surface area contributed by atoms with Crippen molar-refractivity contribution in [1.82, 2.24) is 19.7 Å². The zero-order valence-corrected chi connectivity index (χ0v) is 16.1. The van der Waals surface area contributed by atoms with Crippen LogP contribution in [0.25, 0.3) is 0 Å². The molecule has 28 heavy (non-hydrogen) atoms. The number of ether oxygens (including phenoxy) is 1. The van der Waals surface area contributed by atoms with Gasteiger partial charge in [-0.3, -0.25) is 9.69 Å². The van der Waals surface area contributed by atoms with Gasteiger partial charge in [-0.15, -0.1) is 10.2 Å². The van der Waals surface area contributed by atoms with E-state index in [4.69, 9.17) is 4.74 Å². The van der Waals surface area contributed by atoms with Crippen molar-refractivity contribution in [2.45, 2.75) is 25.2 Å². The van der Waals surface area contributed by atoms with Crippen LogP contribution in [0.1, 0.15) is 12.7 Å². The summed E-state index contributed by atoms with van der Waals surface area (Å²) in [6.07, 6.45) is 0. The van der Waals surface area contributed by atoms with Crippen molar-refractivity contribution < 1.29 is 22.7 Å². The Hall–Kier alpha value is -2.11. The van der Waals surface area contributed by atoms with E-state index >= 15 is 0 Å². The quantitative estimate of drug-likeness (QED) is 0.553. The highest BCUT2D eigenvalue weighted by Crippen LogP contribution is 2.22. The number of thioether (sulfide) groups is 1. The van der Waals surface area contributed by atoms with Crippen LogP contribution < -0.4 is 5.32 Å². The van der Waals surface area contributed by atoms with Gasteiger partial charge < -0.3 is 14.6 Å². The van der Waals surface area contributed by atoms with Gasteiger partial charge in [0.1, 0.15) is 5.82 Å². The summed E-state index contributed by atoms with van der Waals surface area (Å²) in [5.41, 5.74) is -0.408. The summed E-state index contributed by atoms with van der Waals surface area (Å²) in [6.45, 7) is 6.23. The normalized spacial score (nSPS) is 15.0. The SMILES string of the molecule is CCn1c(CN2CCOCC2)nnc1SCC(=O)Nc1ccc(F)c(F)c1F. The highest BCUT2D eigenvalue weighted by molar-refractivity contribution is 7.99. The molecule has 7 nitrogen and oxygen atoms in total. The predicted molar refractivity (Wildman–Crippen MR) is 97.5 cm³/mol. The second-order valence-electron chi connectivity index (χ2n) is 6.09. The summed E-state index contributed by atoms with van der Waals surface area (Å²) in [7, 11) is 0. The number of anilines is 1. The Kier molecular flexibility index (Phi) is 6.92. The average molecular weight is 415 g/mol. The summed E-state index contributed by atoms with van der Waals surface area (Å²) in [4.78, 5) is 14.3. The van der Waals surface area contributed by atoms with Crippen LogP contribution in [-0.2, 0) is 22.6 Å². The maximum Gasteiger partial charge on any atom is 0.234 e. The van der Waals surface area contributed by atoms with E-state index in [2.05, 4.69) is 20.4 Å². The first-order chi connectivity index (χ1) is 13.5. The standard InChI is InChI=1S/C17H20F3N5O2S/c1-2-25-13(9-24-5-7-27-8-6-24)22-23-17(25)28-10-14(26)21-12-4-3-11(18)15(19)16(12)20/h3-4H,2,5-10H2,1H3,(H,21,26). The first kappa shape index (κ1) is 20.6. The minimum absolute atomic E-state index is 0.0753. The number of benzene rings is 1. The molecule has 2 heterocycles. The lowest BCUT2D eigenvalue weighted by atomic mass is 10.3. The fraction of sp³-hybridized carbons (Fsp3) is 0.471. The van der Waals surface area contributed by atoms with E-state index in [-0.39, 0.29) is 5.75 Å². The number of hydrogen-bond acceptors (Lipinski definition) is 6. The molecule has 1 fully saturated rings. The molecule has 1 saturated heterocycles. The Bertz CT molecular complexity index is 842. The highest BCUT2D eigenvalue weighted by atomic mass is 32.2. The third-order valence-electron chi connectivity index (χ3n) is 4.22. The van der Waals surface area contributed by atoms with Gasteiger partial charge in [0, 0.05) is 19.6 Å². The number of morpholine rings is 1. The molecule has 1 aromatic heterocycles. The third-order valence-corrected chi connectivity index (χ3v) is 5.19. The van der Waals surface area contributed by atoms with Gasteiger partial charge in [-0.2, -0.15) is 0 Å². The van der Waals surface area contributed by atoms with E-state index in [1.165, 1.54) is 0 Å². The Labute approximate surface area is 164 Å². The van der Waals surface area contributed by atoms with Gasteiger partial charge in [-0.1, -0.05) is 11.8 Å². The van der Waals surface area contributed by atoms with Gasteiger partial charge in [0.15, 0.2) is 22.6 Å². The molecule has 11 heteroatoms. The van der Waals surface area contributed by atoms with Crippen molar-refractivity contribution in [1.29, 1.82) is 0 Å². The highest BCUT2D eigenvalue weighted by Gasteiger charge is 2.19. The zero-order valence-electron chi connectivity index (χ0n) is 15.3. The molecular weight excluding hydrogens is 395 g/mol. The number of nitrogens with one attached hydrogen (secondary N) is 1. The molecule has 0 radical (unpaired) electrons. The maximum absolute atomic E-state index is 13.7. The van der Waals surface area contributed by atoms with Gasteiger partial charge in [0.25, 0.3) is 0 Å². The summed E-state index contributed by atoms with van der Waals surface area (Å²) in [6, 6.07) is 1.73. The number of aromatic nitrogens is 3. The van der Waals surface area contributed by atoms with E-state index in [1.807, 2.05) is 11.5 Å². The molecule has 1 N–H and O–H groups in total. The molecule has 0 unspecified atom stereocenters. The Morgan fingerprint density at radius 1 is 1.21 bits per heavy atom. The maximum atomic E-state index is 13.7. The van der Waals surface area contributed by atoms with Crippen LogP contribution in [0.4, 0.5) is 18.9 Å². The monoisotopic (exact) mass is 415 g/mol. The van der Waals surface area contributed by atoms with E-state index in [9.17, 15) is 18.0 Å². The summed E-state index contributed by atoms with van der Waals surface area (Å²) < 4.78 is 47.1. The van der Waals surface area contributed by atoms with Gasteiger partial charge >= 0.3 is 0 Å². The van der Waals surface area contributed by atoms with Crippen LogP contribution in [0.2, 0.25) is 0 Å². The molecular formula is C17H20F3N5O2S. The lowest BCUT2D eigenvalue weighted by molar-refractivity contribution is -0.113. The lowest BCUT2D eigenvalue weighted by Crippen LogP contribution is -2.36. The first-order valence-corrected chi connectivity index (χ1v) is 9.76. The smallest absolute Gasteiger partial charge is 0.234 e. The Morgan fingerprint density at radius 2 is 1.96 bits per heavy atom. The van der Waals surface area contributed by atoms with Crippen LogP contribution >= 0.6 is 11.8 Å². The number of amides is 1. The molecule has 152 valence electrons. The minimum atomic E-state index is -1.62. The summed E-state index contributed by atoms with van der Waals surface area (Å²) >= 11 is 1.14. The van der Waals surface area contributed by atoms with Gasteiger partial charge in [-0.05, 0) is 19.1 Å². The fourth-order valence-electron chi connectivity index (χ4n) is 2.76. The molecule has 0 saturated carbocycles. The molecule has 0 aliphatic carbocycles. The molecule has 1 aliphatic heterocycles. The van der Waals surface area contributed by atoms with E-state index in [1.54, 1.807) is 0 Å². The molecule has 1 aliphatic rings. The number of nitrogens with zero attached hydrogens (tertiary/aromatic N) is 4. The first-order valence-electron chi connectivity index (χ1n) is 8.78. The largest absolute Gasteiger partial charge is 0.379 e. The molecule has 2 aromatic rings. The van der Waals surface area contributed by atoms with Crippen molar-refractivity contribution in [3.63, 3.8) is 0 Å². The topological polar surface area (TPSA) is 72.3 Å². The Balaban J connectivity index is 1.59. The number of carbonyl (C=O) groups excluding carboxylic acids is 1. The van der Waals surface area contributed by atoms with Crippen LogP contribution in [0.3, 0.4) is 0 Å². The van der Waals surface area contributed by atoms with Crippen LogP contribution in [0.5, 0.6) is 0 Å². The van der Waals surface area contributed by atoms with Gasteiger partial charge in [0.05, 0.1) is 31.2 Å². The van der Waals surface area contributed by atoms with Gasteiger partial charge in [-0.25, -0.2) is 13.2 Å². The van der Waals surface area contributed by atoms with E-state index < -0.39 is 29.0 Å². The van der Waals surface area contributed by atoms with Crippen molar-refractivity contribution in [3.8, 4) is 0 Å². The van der Waals surface area contributed by atoms with Crippen molar-refractivity contribution in [2.24, 2.45) is 0 Å². The number of carbonyl (C=O) groups is 1. The Morgan fingerprint density at radius 3 is 2.68 bits per heavy atom. The molecule has 0 bridgehead atoms. The van der Waals surface area contributed by atoms with Crippen LogP contribution in [-0.4, -0.2) is 57.6 Å².